The Morgan fingerprint density at radius 3 is 2.16 bits per heavy atom. The lowest BCUT2D eigenvalue weighted by Gasteiger charge is -2.29. The first-order valence-corrected chi connectivity index (χ1v) is 10.4. The van der Waals surface area contributed by atoms with Crippen LogP contribution >= 0.6 is 0 Å². The van der Waals surface area contributed by atoms with E-state index in [1.54, 1.807) is 4.90 Å². The van der Waals surface area contributed by atoms with Gasteiger partial charge in [-0.15, -0.1) is 0 Å². The third-order valence-electron chi connectivity index (χ3n) is 5.85. The van der Waals surface area contributed by atoms with Crippen LogP contribution < -0.4 is 4.90 Å². The van der Waals surface area contributed by atoms with E-state index < -0.39 is 17.7 Å². The molecule has 0 saturated heterocycles. The molecule has 4 nitrogen and oxygen atoms in total. The maximum atomic E-state index is 13.3. The topological polar surface area (TPSA) is 57.6 Å². The fraction of sp³-hybridized carbons (Fsp3) is 0.185. The Hall–Kier alpha value is -3.66. The van der Waals surface area contributed by atoms with E-state index in [1.165, 1.54) is 0 Å². The largest absolute Gasteiger partial charge is 0.503 e. The van der Waals surface area contributed by atoms with Crippen molar-refractivity contribution >= 4 is 17.4 Å². The molecule has 0 saturated carbocycles. The molecule has 4 heteroatoms. The van der Waals surface area contributed by atoms with E-state index in [4.69, 9.17) is 0 Å². The molecule has 1 unspecified atom stereocenters. The maximum Gasteiger partial charge on any atom is 0.294 e. The van der Waals surface area contributed by atoms with Crippen LogP contribution in [0.25, 0.3) is 0 Å². The monoisotopic (exact) mass is 411 g/mol. The van der Waals surface area contributed by atoms with Crippen molar-refractivity contribution in [1.82, 2.24) is 0 Å². The summed E-state index contributed by atoms with van der Waals surface area (Å²) < 4.78 is 0. The highest BCUT2D eigenvalue weighted by atomic mass is 16.3. The molecule has 0 aromatic heterocycles. The molecule has 1 heterocycles. The quantitative estimate of drug-likeness (QED) is 0.590. The normalized spacial score (nSPS) is 16.1. The molecular formula is C27H25NO3. The molecule has 0 bridgehead atoms. The van der Waals surface area contributed by atoms with Gasteiger partial charge in [-0.3, -0.25) is 14.5 Å². The molecule has 3 aromatic carbocycles. The summed E-state index contributed by atoms with van der Waals surface area (Å²) in [5, 5.41) is 10.8. The van der Waals surface area contributed by atoms with Crippen LogP contribution in [0.4, 0.5) is 5.69 Å². The molecule has 1 aliphatic rings. The molecular weight excluding hydrogens is 386 g/mol. The van der Waals surface area contributed by atoms with Crippen LogP contribution in [0, 0.1) is 13.8 Å². The summed E-state index contributed by atoms with van der Waals surface area (Å²) in [6.07, 6.45) is 0.774. The zero-order valence-corrected chi connectivity index (χ0v) is 17.7. The average Bonchev–Trinajstić information content (AvgIpc) is 3.04. The lowest BCUT2D eigenvalue weighted by atomic mass is 9.90. The molecule has 0 radical (unpaired) electrons. The second-order valence-corrected chi connectivity index (χ2v) is 7.89. The van der Waals surface area contributed by atoms with Gasteiger partial charge in [-0.1, -0.05) is 72.8 Å². The first kappa shape index (κ1) is 20.6. The zero-order valence-electron chi connectivity index (χ0n) is 17.7. The van der Waals surface area contributed by atoms with Gasteiger partial charge in [0.05, 0.1) is 11.6 Å². The Bertz CT molecular complexity index is 1160. The van der Waals surface area contributed by atoms with Gasteiger partial charge >= 0.3 is 0 Å². The molecule has 0 aliphatic carbocycles. The number of nitrogens with zero attached hydrogens (tertiary/aromatic N) is 1. The van der Waals surface area contributed by atoms with Gasteiger partial charge in [0.25, 0.3) is 5.91 Å². The lowest BCUT2D eigenvalue weighted by molar-refractivity contribution is -0.118. The number of hydrogen-bond acceptors (Lipinski definition) is 3. The number of para-hydroxylation sites is 1. The maximum absolute atomic E-state index is 13.3. The summed E-state index contributed by atoms with van der Waals surface area (Å²) in [7, 11) is 0. The van der Waals surface area contributed by atoms with Crippen LogP contribution in [0.3, 0.4) is 0 Å². The minimum absolute atomic E-state index is 0.179. The van der Waals surface area contributed by atoms with Gasteiger partial charge in [-0.05, 0) is 48.6 Å². The van der Waals surface area contributed by atoms with E-state index in [9.17, 15) is 14.7 Å². The van der Waals surface area contributed by atoms with Crippen molar-refractivity contribution < 1.29 is 14.7 Å². The van der Waals surface area contributed by atoms with Crippen LogP contribution in [0.15, 0.2) is 90.2 Å². The molecule has 31 heavy (non-hydrogen) atoms. The Kier molecular flexibility index (Phi) is 5.72. The minimum atomic E-state index is -0.655. The van der Waals surface area contributed by atoms with E-state index in [-0.39, 0.29) is 17.8 Å². The van der Waals surface area contributed by atoms with E-state index in [0.29, 0.717) is 12.1 Å². The summed E-state index contributed by atoms with van der Waals surface area (Å²) in [6.45, 7) is 3.88. The van der Waals surface area contributed by atoms with Crippen LogP contribution in [-0.4, -0.2) is 16.8 Å². The number of anilines is 1. The number of aryl methyl sites for hydroxylation is 3. The molecule has 1 N–H and O–H groups in total. The van der Waals surface area contributed by atoms with Gasteiger partial charge in [0, 0.05) is 12.1 Å². The van der Waals surface area contributed by atoms with Crippen molar-refractivity contribution in [2.75, 3.05) is 4.90 Å². The number of ketones is 1. The highest BCUT2D eigenvalue weighted by Gasteiger charge is 2.44. The Morgan fingerprint density at radius 1 is 0.871 bits per heavy atom. The molecule has 1 aliphatic heterocycles. The summed E-state index contributed by atoms with van der Waals surface area (Å²) in [4.78, 5) is 28.1. The number of Topliss-reactive ketones (excluding diaryl/α,β-unsaturated/α-hetero) is 1. The zero-order chi connectivity index (χ0) is 22.0. The van der Waals surface area contributed by atoms with Crippen LogP contribution in [-0.2, 0) is 16.0 Å². The standard InChI is InChI=1S/C27H25NO3/c1-18-10-6-8-14-21(18)25-24(23(29)17-16-20-12-4-3-5-13-20)26(30)27(31)28(25)22-15-9-7-11-19(22)2/h3-15,25,30H,16-17H2,1-2H3. The summed E-state index contributed by atoms with van der Waals surface area (Å²) >= 11 is 0. The van der Waals surface area contributed by atoms with Crippen LogP contribution in [0.1, 0.15) is 34.7 Å². The SMILES string of the molecule is Cc1ccccc1C1C(C(=O)CCc2ccccc2)=C(O)C(=O)N1c1ccccc1C. The van der Waals surface area contributed by atoms with E-state index >= 15 is 0 Å². The van der Waals surface area contributed by atoms with Crippen LogP contribution in [0.2, 0.25) is 0 Å². The first-order valence-electron chi connectivity index (χ1n) is 10.4. The predicted molar refractivity (Wildman–Crippen MR) is 122 cm³/mol. The summed E-state index contributed by atoms with van der Waals surface area (Å²) in [5.41, 5.74) is 4.62. The average molecular weight is 412 g/mol. The number of carbonyl (C=O) groups is 2. The molecule has 4 rings (SSSR count). The van der Waals surface area contributed by atoms with Gasteiger partial charge in [0.2, 0.25) is 0 Å². The van der Waals surface area contributed by atoms with Gasteiger partial charge in [-0.2, -0.15) is 0 Å². The fourth-order valence-electron chi connectivity index (χ4n) is 4.20. The number of amides is 1. The second kappa shape index (κ2) is 8.60. The molecule has 0 spiro atoms. The third kappa shape index (κ3) is 3.89. The highest BCUT2D eigenvalue weighted by molar-refractivity contribution is 6.16. The van der Waals surface area contributed by atoms with Gasteiger partial charge in [-0.25, -0.2) is 0 Å². The molecule has 156 valence electrons. The second-order valence-electron chi connectivity index (χ2n) is 7.89. The summed E-state index contributed by atoms with van der Waals surface area (Å²) in [6, 6.07) is 24.3. The predicted octanol–water partition coefficient (Wildman–Crippen LogP) is 5.41. The van der Waals surface area contributed by atoms with Gasteiger partial charge in [0.15, 0.2) is 11.5 Å². The minimum Gasteiger partial charge on any atom is -0.503 e. The number of rotatable bonds is 6. The van der Waals surface area contributed by atoms with E-state index in [0.717, 1.165) is 22.3 Å². The van der Waals surface area contributed by atoms with Crippen molar-refractivity contribution in [3.05, 3.63) is 112 Å². The van der Waals surface area contributed by atoms with Crippen molar-refractivity contribution in [2.45, 2.75) is 32.7 Å². The number of aliphatic hydroxyl groups excluding tert-OH is 1. The lowest BCUT2D eigenvalue weighted by Crippen LogP contribution is -2.32. The summed E-state index contributed by atoms with van der Waals surface area (Å²) in [5.74, 6) is -1.20. The third-order valence-corrected chi connectivity index (χ3v) is 5.85. The number of carbonyl (C=O) groups excluding carboxylic acids is 2. The van der Waals surface area contributed by atoms with E-state index in [2.05, 4.69) is 0 Å². The van der Waals surface area contributed by atoms with Gasteiger partial charge < -0.3 is 5.11 Å². The number of hydrogen-bond donors (Lipinski definition) is 1. The fourth-order valence-corrected chi connectivity index (χ4v) is 4.20. The molecule has 0 fully saturated rings. The first-order chi connectivity index (χ1) is 15.0. The highest BCUT2D eigenvalue weighted by Crippen LogP contribution is 2.43. The van der Waals surface area contributed by atoms with Crippen molar-refractivity contribution in [2.24, 2.45) is 0 Å². The smallest absolute Gasteiger partial charge is 0.294 e. The van der Waals surface area contributed by atoms with Crippen molar-refractivity contribution in [1.29, 1.82) is 0 Å². The van der Waals surface area contributed by atoms with Gasteiger partial charge in [0.1, 0.15) is 0 Å². The Morgan fingerprint density at radius 2 is 1.48 bits per heavy atom. The van der Waals surface area contributed by atoms with Crippen molar-refractivity contribution in [3.63, 3.8) is 0 Å². The van der Waals surface area contributed by atoms with Crippen LogP contribution in [0.5, 0.6) is 0 Å². The Labute approximate surface area is 182 Å². The Balaban J connectivity index is 1.77. The van der Waals surface area contributed by atoms with Crippen molar-refractivity contribution in [3.8, 4) is 0 Å². The number of benzene rings is 3. The number of aliphatic hydroxyl groups is 1. The molecule has 1 atom stereocenters. The van der Waals surface area contributed by atoms with E-state index in [1.807, 2.05) is 92.7 Å². The molecule has 1 amide bonds. The molecule has 3 aromatic rings.